The van der Waals surface area contributed by atoms with Crippen LogP contribution in [-0.2, 0) is 6.54 Å². The van der Waals surface area contributed by atoms with Crippen LogP contribution >= 0.6 is 0 Å². The first-order valence-electron chi connectivity index (χ1n) is 8.43. The summed E-state index contributed by atoms with van der Waals surface area (Å²) in [5, 5.41) is 18.7. The van der Waals surface area contributed by atoms with E-state index in [2.05, 4.69) is 15.1 Å². The van der Waals surface area contributed by atoms with E-state index in [1.807, 2.05) is 44.2 Å². The molecule has 2 aromatic rings. The Morgan fingerprint density at radius 3 is 2.74 bits per heavy atom. The number of likely N-dealkylation sites (tertiary alicyclic amines) is 1. The Balaban J connectivity index is 1.61. The van der Waals surface area contributed by atoms with Gasteiger partial charge in [-0.3, -0.25) is 4.90 Å². The number of hydrogen-bond acceptors (Lipinski definition) is 5. The number of aromatic nitrogens is 2. The van der Waals surface area contributed by atoms with Gasteiger partial charge in [-0.25, -0.2) is 0 Å². The molecule has 0 bridgehead atoms. The molecule has 0 amide bonds. The van der Waals surface area contributed by atoms with Gasteiger partial charge in [0.05, 0.1) is 12.6 Å². The molecule has 23 heavy (non-hydrogen) atoms. The van der Waals surface area contributed by atoms with Crippen molar-refractivity contribution in [1.82, 2.24) is 15.1 Å². The SMILES string of the molecule is CC(C)c1nnc(CN2CCCC2CC(O)c2ccccc2)o1. The first kappa shape index (κ1) is 16.1. The van der Waals surface area contributed by atoms with Crippen molar-refractivity contribution in [2.45, 2.75) is 57.7 Å². The van der Waals surface area contributed by atoms with Crippen LogP contribution in [0.4, 0.5) is 0 Å². The van der Waals surface area contributed by atoms with Crippen LogP contribution in [0.1, 0.15) is 62.5 Å². The van der Waals surface area contributed by atoms with E-state index >= 15 is 0 Å². The molecule has 1 aliphatic rings. The molecule has 1 fully saturated rings. The minimum atomic E-state index is -0.421. The minimum Gasteiger partial charge on any atom is -0.424 e. The maximum absolute atomic E-state index is 10.5. The van der Waals surface area contributed by atoms with Gasteiger partial charge in [0, 0.05) is 12.0 Å². The van der Waals surface area contributed by atoms with Crippen molar-refractivity contribution in [2.75, 3.05) is 6.54 Å². The maximum Gasteiger partial charge on any atom is 0.230 e. The number of hydrogen-bond donors (Lipinski definition) is 1. The molecule has 1 N–H and O–H groups in total. The van der Waals surface area contributed by atoms with Gasteiger partial charge in [-0.2, -0.15) is 0 Å². The average molecular weight is 315 g/mol. The van der Waals surface area contributed by atoms with Gasteiger partial charge in [0.25, 0.3) is 0 Å². The topological polar surface area (TPSA) is 62.4 Å². The average Bonchev–Trinajstić information content (AvgIpc) is 3.19. The lowest BCUT2D eigenvalue weighted by molar-refractivity contribution is 0.113. The lowest BCUT2D eigenvalue weighted by Crippen LogP contribution is -2.30. The molecular weight excluding hydrogens is 290 g/mol. The Bertz CT molecular complexity index is 612. The van der Waals surface area contributed by atoms with Crippen LogP contribution in [0.3, 0.4) is 0 Å². The molecule has 0 saturated carbocycles. The van der Waals surface area contributed by atoms with E-state index in [9.17, 15) is 5.11 Å². The summed E-state index contributed by atoms with van der Waals surface area (Å²) < 4.78 is 5.72. The van der Waals surface area contributed by atoms with Crippen molar-refractivity contribution in [1.29, 1.82) is 0 Å². The molecule has 2 unspecified atom stereocenters. The molecular formula is C18H25N3O2. The fraction of sp³-hybridized carbons (Fsp3) is 0.556. The zero-order chi connectivity index (χ0) is 16.2. The number of benzene rings is 1. The summed E-state index contributed by atoms with van der Waals surface area (Å²) in [6.45, 7) is 5.79. The summed E-state index contributed by atoms with van der Waals surface area (Å²) in [5.74, 6) is 1.63. The zero-order valence-electron chi connectivity index (χ0n) is 13.9. The van der Waals surface area contributed by atoms with E-state index in [0.717, 1.165) is 31.4 Å². The van der Waals surface area contributed by atoms with E-state index in [4.69, 9.17) is 4.42 Å². The first-order chi connectivity index (χ1) is 11.1. The van der Waals surface area contributed by atoms with Gasteiger partial charge in [0.1, 0.15) is 0 Å². The molecule has 0 spiro atoms. The van der Waals surface area contributed by atoms with Gasteiger partial charge in [-0.15, -0.1) is 10.2 Å². The fourth-order valence-electron chi connectivity index (χ4n) is 3.18. The third kappa shape index (κ3) is 3.98. The van der Waals surface area contributed by atoms with Gasteiger partial charge in [-0.1, -0.05) is 44.2 Å². The van der Waals surface area contributed by atoms with E-state index in [-0.39, 0.29) is 5.92 Å². The summed E-state index contributed by atoms with van der Waals surface area (Å²) >= 11 is 0. The van der Waals surface area contributed by atoms with Crippen molar-refractivity contribution in [3.05, 3.63) is 47.7 Å². The molecule has 1 aliphatic heterocycles. The van der Waals surface area contributed by atoms with Crippen LogP contribution in [0.5, 0.6) is 0 Å². The second-order valence-electron chi connectivity index (χ2n) is 6.62. The Kier molecular flexibility index (Phi) is 5.08. The molecule has 3 rings (SSSR count). The normalized spacial score (nSPS) is 20.3. The van der Waals surface area contributed by atoms with Crippen LogP contribution in [0, 0.1) is 0 Å². The molecule has 0 radical (unpaired) electrons. The fourth-order valence-corrected chi connectivity index (χ4v) is 3.18. The monoisotopic (exact) mass is 315 g/mol. The van der Waals surface area contributed by atoms with Crippen molar-refractivity contribution in [2.24, 2.45) is 0 Å². The van der Waals surface area contributed by atoms with Gasteiger partial charge in [0.2, 0.25) is 11.8 Å². The Morgan fingerprint density at radius 1 is 1.26 bits per heavy atom. The molecule has 124 valence electrons. The summed E-state index contributed by atoms with van der Waals surface area (Å²) in [4.78, 5) is 2.35. The third-order valence-corrected chi connectivity index (χ3v) is 4.49. The van der Waals surface area contributed by atoms with E-state index in [0.29, 0.717) is 24.4 Å². The molecule has 1 aromatic heterocycles. The van der Waals surface area contributed by atoms with Gasteiger partial charge < -0.3 is 9.52 Å². The second kappa shape index (κ2) is 7.23. The summed E-state index contributed by atoms with van der Waals surface area (Å²) in [7, 11) is 0. The highest BCUT2D eigenvalue weighted by Gasteiger charge is 2.28. The van der Waals surface area contributed by atoms with Crippen LogP contribution in [0.15, 0.2) is 34.7 Å². The van der Waals surface area contributed by atoms with Crippen LogP contribution in [0.2, 0.25) is 0 Å². The smallest absolute Gasteiger partial charge is 0.230 e. The molecule has 2 atom stereocenters. The predicted octanol–water partition coefficient (Wildman–Crippen LogP) is 3.28. The summed E-state index contributed by atoms with van der Waals surface area (Å²) in [6.07, 6.45) is 2.58. The summed E-state index contributed by atoms with van der Waals surface area (Å²) in [5.41, 5.74) is 0.985. The number of aliphatic hydroxyl groups excluding tert-OH is 1. The number of aliphatic hydroxyl groups is 1. The lowest BCUT2D eigenvalue weighted by Gasteiger charge is -2.25. The first-order valence-corrected chi connectivity index (χ1v) is 8.43. The van der Waals surface area contributed by atoms with E-state index in [1.165, 1.54) is 0 Å². The van der Waals surface area contributed by atoms with Gasteiger partial charge in [0.15, 0.2) is 0 Å². The molecule has 2 heterocycles. The molecule has 0 aliphatic carbocycles. The highest BCUT2D eigenvalue weighted by atomic mass is 16.4. The number of rotatable bonds is 6. The highest BCUT2D eigenvalue weighted by Crippen LogP contribution is 2.28. The maximum atomic E-state index is 10.5. The van der Waals surface area contributed by atoms with Crippen molar-refractivity contribution in [3.8, 4) is 0 Å². The Morgan fingerprint density at radius 2 is 2.04 bits per heavy atom. The standard InChI is InChI=1S/C18H25N3O2/c1-13(2)18-20-19-17(23-18)12-21-10-6-9-15(21)11-16(22)14-7-4-3-5-8-14/h3-5,7-8,13,15-16,22H,6,9-12H2,1-2H3. The van der Waals surface area contributed by atoms with E-state index in [1.54, 1.807) is 0 Å². The van der Waals surface area contributed by atoms with Crippen LogP contribution < -0.4 is 0 Å². The Labute approximate surface area is 137 Å². The van der Waals surface area contributed by atoms with Crippen molar-refractivity contribution >= 4 is 0 Å². The van der Waals surface area contributed by atoms with Gasteiger partial charge in [-0.05, 0) is 31.4 Å². The largest absolute Gasteiger partial charge is 0.424 e. The lowest BCUT2D eigenvalue weighted by atomic mass is 10.0. The van der Waals surface area contributed by atoms with Crippen LogP contribution in [0.25, 0.3) is 0 Å². The summed E-state index contributed by atoms with van der Waals surface area (Å²) in [6, 6.07) is 10.2. The van der Waals surface area contributed by atoms with E-state index < -0.39 is 6.10 Å². The number of nitrogens with zero attached hydrogens (tertiary/aromatic N) is 3. The van der Waals surface area contributed by atoms with Crippen molar-refractivity contribution in [3.63, 3.8) is 0 Å². The zero-order valence-corrected chi connectivity index (χ0v) is 13.9. The quantitative estimate of drug-likeness (QED) is 0.886. The van der Waals surface area contributed by atoms with Crippen molar-refractivity contribution < 1.29 is 9.52 Å². The third-order valence-electron chi connectivity index (χ3n) is 4.49. The molecule has 5 nitrogen and oxygen atoms in total. The molecule has 1 aromatic carbocycles. The van der Waals surface area contributed by atoms with Gasteiger partial charge >= 0.3 is 0 Å². The second-order valence-corrected chi connectivity index (χ2v) is 6.62. The predicted molar refractivity (Wildman–Crippen MR) is 87.8 cm³/mol. The Hall–Kier alpha value is -1.72. The van der Waals surface area contributed by atoms with Crippen LogP contribution in [-0.4, -0.2) is 32.8 Å². The minimum absolute atomic E-state index is 0.255. The molecule has 5 heteroatoms. The molecule has 1 saturated heterocycles. The highest BCUT2D eigenvalue weighted by molar-refractivity contribution is 5.17.